The van der Waals surface area contributed by atoms with Gasteiger partial charge in [0.05, 0.1) is 17.7 Å². The van der Waals surface area contributed by atoms with Gasteiger partial charge in [-0.2, -0.15) is 0 Å². The molecule has 0 aliphatic rings. The van der Waals surface area contributed by atoms with E-state index in [9.17, 15) is 19.5 Å². The number of nitrogens with two attached hydrogens (primary N) is 1. The number of nitrogens with zero attached hydrogens (tertiary/aromatic N) is 1. The van der Waals surface area contributed by atoms with Gasteiger partial charge in [0.15, 0.2) is 0 Å². The molecule has 0 saturated carbocycles. The largest absolute Gasteiger partial charge is 0.507 e. The maximum Gasteiger partial charge on any atom is 0.341 e. The van der Waals surface area contributed by atoms with Crippen molar-refractivity contribution in [2.24, 2.45) is 0 Å². The molecule has 1 aromatic carbocycles. The van der Waals surface area contributed by atoms with Crippen molar-refractivity contribution in [3.05, 3.63) is 56.9 Å². The second-order valence-corrected chi connectivity index (χ2v) is 5.48. The predicted molar refractivity (Wildman–Crippen MR) is 93.0 cm³/mol. The Labute approximate surface area is 144 Å². The van der Waals surface area contributed by atoms with Crippen LogP contribution < -0.4 is 11.3 Å². The Morgan fingerprint density at radius 3 is 2.44 bits per heavy atom. The minimum atomic E-state index is -0.718. The molecule has 0 amide bonds. The Morgan fingerprint density at radius 2 is 1.84 bits per heavy atom. The van der Waals surface area contributed by atoms with Crippen molar-refractivity contribution < 1.29 is 19.4 Å². The minimum Gasteiger partial charge on any atom is -0.507 e. The Morgan fingerprint density at radius 1 is 1.16 bits per heavy atom. The van der Waals surface area contributed by atoms with Crippen molar-refractivity contribution in [1.82, 2.24) is 4.57 Å². The molecule has 0 aliphatic heterocycles. The number of pyridine rings is 1. The number of phenols is 1. The maximum atomic E-state index is 12.8. The van der Waals surface area contributed by atoms with Crippen molar-refractivity contribution in [2.75, 3.05) is 12.3 Å². The fourth-order valence-electron chi connectivity index (χ4n) is 2.51. The molecule has 2 aromatic rings. The van der Waals surface area contributed by atoms with E-state index in [-0.39, 0.29) is 41.4 Å². The van der Waals surface area contributed by atoms with Gasteiger partial charge in [0.25, 0.3) is 5.56 Å². The number of rotatable bonds is 5. The van der Waals surface area contributed by atoms with Crippen molar-refractivity contribution >= 4 is 17.6 Å². The normalized spacial score (nSPS) is 10.5. The first-order valence-corrected chi connectivity index (χ1v) is 7.86. The summed E-state index contributed by atoms with van der Waals surface area (Å²) in [4.78, 5) is 37.5. The number of phenolic OH excluding ortho intramolecular Hbond substituents is 1. The number of nitrogen functional groups attached to an aromatic ring is 1. The molecule has 0 unspecified atom stereocenters. The lowest BCUT2D eigenvalue weighted by molar-refractivity contribution is 0.0526. The number of esters is 1. The lowest BCUT2D eigenvalue weighted by Crippen LogP contribution is -2.30. The van der Waals surface area contributed by atoms with E-state index in [1.807, 2.05) is 0 Å². The average Bonchev–Trinajstić information content (AvgIpc) is 2.57. The highest BCUT2D eigenvalue weighted by atomic mass is 16.5. The standard InChI is InChI=1S/C18H20N2O5/c1-4-20-16(19)13(18(24)25-5-2)9-12(17(20)23)15(22)11-8-10(3)6-7-14(11)21/h6-9,21H,4-5,19H2,1-3H3. The van der Waals surface area contributed by atoms with Crippen molar-refractivity contribution in [3.8, 4) is 5.75 Å². The van der Waals surface area contributed by atoms with Gasteiger partial charge >= 0.3 is 5.97 Å². The molecule has 3 N–H and O–H groups in total. The van der Waals surface area contributed by atoms with Crippen LogP contribution in [0.2, 0.25) is 0 Å². The molecule has 0 fully saturated rings. The first-order valence-electron chi connectivity index (χ1n) is 7.86. The number of carbonyl (C=O) groups excluding carboxylic acids is 2. The number of anilines is 1. The van der Waals surface area contributed by atoms with Gasteiger partial charge in [-0.05, 0) is 39.0 Å². The Balaban J connectivity index is 2.70. The number of hydrogen-bond donors (Lipinski definition) is 2. The molecule has 7 nitrogen and oxygen atoms in total. The van der Waals surface area contributed by atoms with Gasteiger partial charge in [-0.25, -0.2) is 4.79 Å². The lowest BCUT2D eigenvalue weighted by atomic mass is 10.00. The molecule has 1 heterocycles. The number of ether oxygens (including phenoxy) is 1. The summed E-state index contributed by atoms with van der Waals surface area (Å²) in [6.07, 6.45) is 0. The highest BCUT2D eigenvalue weighted by Gasteiger charge is 2.24. The zero-order valence-electron chi connectivity index (χ0n) is 14.3. The first-order chi connectivity index (χ1) is 11.8. The van der Waals surface area contributed by atoms with E-state index in [2.05, 4.69) is 0 Å². The number of carbonyl (C=O) groups is 2. The number of aromatic hydroxyl groups is 1. The van der Waals surface area contributed by atoms with Crippen LogP contribution >= 0.6 is 0 Å². The van der Waals surface area contributed by atoms with E-state index in [1.165, 1.54) is 12.1 Å². The molecule has 132 valence electrons. The van der Waals surface area contributed by atoms with Crippen LogP contribution in [-0.4, -0.2) is 28.0 Å². The predicted octanol–water partition coefficient (Wildman–Crippen LogP) is 1.87. The molecule has 0 saturated heterocycles. The van der Waals surface area contributed by atoms with E-state index in [0.29, 0.717) is 0 Å². The highest BCUT2D eigenvalue weighted by Crippen LogP contribution is 2.22. The van der Waals surface area contributed by atoms with Crippen molar-refractivity contribution in [2.45, 2.75) is 27.3 Å². The summed E-state index contributed by atoms with van der Waals surface area (Å²) < 4.78 is 6.07. The average molecular weight is 344 g/mol. The van der Waals surface area contributed by atoms with Gasteiger partial charge in [-0.1, -0.05) is 11.6 Å². The summed E-state index contributed by atoms with van der Waals surface area (Å²) in [5, 5.41) is 9.96. The first kappa shape index (κ1) is 18.3. The molecule has 7 heteroatoms. The zero-order chi connectivity index (χ0) is 18.7. The van der Waals surface area contributed by atoms with Crippen LogP contribution in [0.25, 0.3) is 0 Å². The van der Waals surface area contributed by atoms with E-state index in [0.717, 1.165) is 16.2 Å². The molecular weight excluding hydrogens is 324 g/mol. The summed E-state index contributed by atoms with van der Waals surface area (Å²) in [5.41, 5.74) is 5.69. The Bertz CT molecular complexity index is 899. The quantitative estimate of drug-likeness (QED) is 0.633. The SMILES string of the molecule is CCOC(=O)c1cc(C(=O)c2cc(C)ccc2O)c(=O)n(CC)c1N. The van der Waals surface area contributed by atoms with E-state index in [4.69, 9.17) is 10.5 Å². The number of aromatic nitrogens is 1. The molecule has 0 aliphatic carbocycles. The van der Waals surface area contributed by atoms with Crippen LogP contribution in [0.5, 0.6) is 5.75 Å². The topological polar surface area (TPSA) is 112 Å². The van der Waals surface area contributed by atoms with Gasteiger partial charge < -0.3 is 15.6 Å². The number of aryl methyl sites for hydroxylation is 1. The summed E-state index contributed by atoms with van der Waals surface area (Å²) >= 11 is 0. The molecule has 25 heavy (non-hydrogen) atoms. The number of benzene rings is 1. The fraction of sp³-hybridized carbons (Fsp3) is 0.278. The maximum absolute atomic E-state index is 12.8. The molecule has 0 bridgehead atoms. The summed E-state index contributed by atoms with van der Waals surface area (Å²) in [6, 6.07) is 5.63. The van der Waals surface area contributed by atoms with Gasteiger partial charge in [-0.3, -0.25) is 14.2 Å². The molecule has 0 radical (unpaired) electrons. The fourth-order valence-corrected chi connectivity index (χ4v) is 2.51. The summed E-state index contributed by atoms with van der Waals surface area (Å²) in [6.45, 7) is 5.38. The van der Waals surface area contributed by atoms with Crippen LogP contribution in [0.3, 0.4) is 0 Å². The number of ketones is 1. The second-order valence-electron chi connectivity index (χ2n) is 5.48. The molecule has 0 spiro atoms. The highest BCUT2D eigenvalue weighted by molar-refractivity contribution is 6.11. The number of hydrogen-bond acceptors (Lipinski definition) is 6. The summed E-state index contributed by atoms with van der Waals surface area (Å²) in [7, 11) is 0. The molecule has 0 atom stereocenters. The zero-order valence-corrected chi connectivity index (χ0v) is 14.3. The lowest BCUT2D eigenvalue weighted by Gasteiger charge is -2.14. The van der Waals surface area contributed by atoms with Gasteiger partial charge in [0.2, 0.25) is 5.78 Å². The van der Waals surface area contributed by atoms with Gasteiger partial charge in [0.1, 0.15) is 17.1 Å². The van der Waals surface area contributed by atoms with Crippen LogP contribution in [0.15, 0.2) is 29.1 Å². The molecule has 2 rings (SSSR count). The van der Waals surface area contributed by atoms with Crippen molar-refractivity contribution in [1.29, 1.82) is 0 Å². The third-order valence-electron chi connectivity index (χ3n) is 3.78. The Kier molecular flexibility index (Phi) is 5.26. The Hall–Kier alpha value is -3.09. The van der Waals surface area contributed by atoms with Gasteiger partial charge in [-0.15, -0.1) is 0 Å². The van der Waals surface area contributed by atoms with Gasteiger partial charge in [0, 0.05) is 6.54 Å². The van der Waals surface area contributed by atoms with E-state index in [1.54, 1.807) is 26.8 Å². The minimum absolute atomic E-state index is 0.0145. The van der Waals surface area contributed by atoms with Crippen LogP contribution in [0, 0.1) is 6.92 Å². The van der Waals surface area contributed by atoms with Crippen LogP contribution in [-0.2, 0) is 11.3 Å². The third-order valence-corrected chi connectivity index (χ3v) is 3.78. The van der Waals surface area contributed by atoms with Crippen LogP contribution in [0.4, 0.5) is 5.82 Å². The smallest absolute Gasteiger partial charge is 0.341 e. The van der Waals surface area contributed by atoms with E-state index >= 15 is 0 Å². The molecule has 1 aromatic heterocycles. The monoisotopic (exact) mass is 344 g/mol. The van der Waals surface area contributed by atoms with Crippen molar-refractivity contribution in [3.63, 3.8) is 0 Å². The van der Waals surface area contributed by atoms with E-state index < -0.39 is 17.3 Å². The van der Waals surface area contributed by atoms with Crippen LogP contribution in [0.1, 0.15) is 45.7 Å². The third kappa shape index (κ3) is 3.40. The second kappa shape index (κ2) is 7.21. The summed E-state index contributed by atoms with van der Waals surface area (Å²) in [5.74, 6) is -1.70. The molecular formula is C18H20N2O5.